The summed E-state index contributed by atoms with van der Waals surface area (Å²) in [5, 5.41) is 1.31. The summed E-state index contributed by atoms with van der Waals surface area (Å²) in [6.45, 7) is 0.139. The molecular weight excluding hydrogens is 514 g/mol. The first-order valence-electron chi connectivity index (χ1n) is 7.95. The molecule has 194 valence electrons. The number of carbonyl (C=O) groups excluding carboxylic acids is 2. The minimum atomic E-state index is -6.98. The standard InChI is InChI=1S/C13H10F14N2O4/c1-3-2-32-4(28-6(30)8(14,15)10(18,19)12(22,23)24)5(33-3)29-7(31)9(16,17)11(20,21)13(25,26)27/h3-5H,2H2,1H3,(H,28,30)(H,29,31)/t3-,4+,5+/m1/s1. The SMILES string of the molecule is C[C@@H]1CO[C@H](NC(=O)C(F)(F)C(F)(F)C(F)(F)F)[C@@H](NC(=O)C(F)(F)C(F)(F)C(F)(F)F)O1. The first-order chi connectivity index (χ1) is 14.4. The van der Waals surface area contributed by atoms with E-state index in [-0.39, 0.29) is 0 Å². The minimum absolute atomic E-state index is 0.648. The second-order valence-corrected chi connectivity index (χ2v) is 6.36. The molecule has 33 heavy (non-hydrogen) atoms. The Morgan fingerprint density at radius 3 is 1.33 bits per heavy atom. The highest BCUT2D eigenvalue weighted by atomic mass is 19.4. The van der Waals surface area contributed by atoms with Crippen molar-refractivity contribution < 1.29 is 80.5 Å². The molecule has 3 atom stereocenters. The molecular formula is C13H10F14N2O4. The van der Waals surface area contributed by atoms with Gasteiger partial charge in [-0.2, -0.15) is 61.5 Å². The lowest BCUT2D eigenvalue weighted by atomic mass is 10.1. The molecule has 0 radical (unpaired) electrons. The topological polar surface area (TPSA) is 76.7 Å². The Bertz CT molecular complexity index is 750. The van der Waals surface area contributed by atoms with Gasteiger partial charge in [-0.05, 0) is 6.92 Å². The van der Waals surface area contributed by atoms with Gasteiger partial charge in [-0.3, -0.25) is 9.59 Å². The lowest BCUT2D eigenvalue weighted by Crippen LogP contribution is -2.67. The number of amides is 2. The summed E-state index contributed by atoms with van der Waals surface area (Å²) in [5.74, 6) is -34.0. The highest BCUT2D eigenvalue weighted by molar-refractivity contribution is 5.86. The van der Waals surface area contributed by atoms with Gasteiger partial charge in [0.1, 0.15) is 0 Å². The van der Waals surface area contributed by atoms with Crippen LogP contribution in [0.2, 0.25) is 0 Å². The van der Waals surface area contributed by atoms with Crippen molar-refractivity contribution in [2.45, 2.75) is 61.5 Å². The van der Waals surface area contributed by atoms with E-state index in [1.165, 1.54) is 0 Å². The van der Waals surface area contributed by atoms with Gasteiger partial charge >= 0.3 is 36.0 Å². The van der Waals surface area contributed by atoms with Crippen molar-refractivity contribution in [2.75, 3.05) is 6.61 Å². The van der Waals surface area contributed by atoms with Gasteiger partial charge in [-0.1, -0.05) is 0 Å². The molecule has 2 amide bonds. The summed E-state index contributed by atoms with van der Waals surface area (Å²) in [6, 6.07) is 0. The molecule has 1 saturated heterocycles. The zero-order chi connectivity index (χ0) is 26.4. The maximum absolute atomic E-state index is 13.4. The summed E-state index contributed by atoms with van der Waals surface area (Å²) >= 11 is 0. The lowest BCUT2D eigenvalue weighted by molar-refractivity contribution is -0.345. The molecule has 0 bridgehead atoms. The maximum Gasteiger partial charge on any atom is 0.460 e. The second kappa shape index (κ2) is 8.58. The summed E-state index contributed by atoms with van der Waals surface area (Å²) < 4.78 is 187. The maximum atomic E-state index is 13.4. The lowest BCUT2D eigenvalue weighted by Gasteiger charge is -2.38. The van der Waals surface area contributed by atoms with Gasteiger partial charge in [0.05, 0.1) is 12.7 Å². The van der Waals surface area contributed by atoms with Gasteiger partial charge in [0.15, 0.2) is 12.5 Å². The predicted molar refractivity (Wildman–Crippen MR) is 72.3 cm³/mol. The number of hydrogen-bond acceptors (Lipinski definition) is 4. The van der Waals surface area contributed by atoms with E-state index in [0.717, 1.165) is 6.92 Å². The zero-order valence-electron chi connectivity index (χ0n) is 15.4. The Hall–Kier alpha value is -2.12. The van der Waals surface area contributed by atoms with E-state index in [0.29, 0.717) is 10.6 Å². The van der Waals surface area contributed by atoms with Crippen LogP contribution in [-0.2, 0) is 19.1 Å². The van der Waals surface area contributed by atoms with E-state index in [9.17, 15) is 71.1 Å². The first kappa shape index (κ1) is 28.9. The number of ether oxygens (including phenoxy) is 2. The highest BCUT2D eigenvalue weighted by Crippen LogP contribution is 2.47. The number of nitrogens with one attached hydrogen (secondary N) is 2. The molecule has 0 saturated carbocycles. The van der Waals surface area contributed by atoms with Gasteiger partial charge in [0, 0.05) is 0 Å². The van der Waals surface area contributed by atoms with Crippen molar-refractivity contribution in [3.05, 3.63) is 0 Å². The van der Waals surface area contributed by atoms with Crippen LogP contribution in [0.1, 0.15) is 6.92 Å². The van der Waals surface area contributed by atoms with Crippen molar-refractivity contribution in [1.29, 1.82) is 0 Å². The van der Waals surface area contributed by atoms with E-state index in [4.69, 9.17) is 0 Å². The van der Waals surface area contributed by atoms with Crippen molar-refractivity contribution in [2.24, 2.45) is 0 Å². The van der Waals surface area contributed by atoms with Crippen molar-refractivity contribution in [3.8, 4) is 0 Å². The van der Waals surface area contributed by atoms with Gasteiger partial charge in [0.2, 0.25) is 0 Å². The van der Waals surface area contributed by atoms with Crippen LogP contribution in [0.15, 0.2) is 0 Å². The van der Waals surface area contributed by atoms with Crippen LogP contribution in [0, 0.1) is 0 Å². The molecule has 0 aliphatic carbocycles. The molecule has 6 nitrogen and oxygen atoms in total. The van der Waals surface area contributed by atoms with Gasteiger partial charge in [0.25, 0.3) is 11.8 Å². The molecule has 0 unspecified atom stereocenters. The molecule has 0 aromatic carbocycles. The zero-order valence-corrected chi connectivity index (χ0v) is 15.4. The van der Waals surface area contributed by atoms with Gasteiger partial charge in [-0.25, -0.2) is 0 Å². The van der Waals surface area contributed by atoms with Crippen LogP contribution >= 0.6 is 0 Å². The molecule has 1 rings (SSSR count). The average Bonchev–Trinajstić information content (AvgIpc) is 2.61. The number of alkyl halides is 14. The third kappa shape index (κ3) is 5.19. The fourth-order valence-corrected chi connectivity index (χ4v) is 2.00. The fraction of sp³-hybridized carbons (Fsp3) is 0.846. The fourth-order valence-electron chi connectivity index (χ4n) is 2.00. The molecule has 0 aromatic rings. The molecule has 1 fully saturated rings. The van der Waals surface area contributed by atoms with E-state index in [1.54, 1.807) is 0 Å². The predicted octanol–water partition coefficient (Wildman–Crippen LogP) is 2.97. The smallest absolute Gasteiger partial charge is 0.351 e. The largest absolute Gasteiger partial charge is 0.460 e. The number of rotatable bonds is 6. The normalized spacial score (nSPS) is 23.8. The minimum Gasteiger partial charge on any atom is -0.351 e. The van der Waals surface area contributed by atoms with E-state index >= 15 is 0 Å². The van der Waals surface area contributed by atoms with Crippen molar-refractivity contribution in [1.82, 2.24) is 10.6 Å². The Balaban J connectivity index is 3.14. The van der Waals surface area contributed by atoms with Crippen LogP contribution in [0.3, 0.4) is 0 Å². The van der Waals surface area contributed by atoms with Crippen LogP contribution < -0.4 is 10.6 Å². The molecule has 0 aromatic heterocycles. The third-order valence-corrected chi connectivity index (χ3v) is 3.78. The van der Waals surface area contributed by atoms with Gasteiger partial charge in [-0.15, -0.1) is 0 Å². The Kier molecular flexibility index (Phi) is 7.52. The van der Waals surface area contributed by atoms with Crippen LogP contribution in [0.25, 0.3) is 0 Å². The van der Waals surface area contributed by atoms with Crippen LogP contribution in [-0.4, -0.2) is 73.0 Å². The van der Waals surface area contributed by atoms with E-state index in [2.05, 4.69) is 9.47 Å². The van der Waals surface area contributed by atoms with Gasteiger partial charge < -0.3 is 20.1 Å². The van der Waals surface area contributed by atoms with Crippen LogP contribution in [0.5, 0.6) is 0 Å². The number of carbonyl (C=O) groups is 2. The molecule has 1 aliphatic heterocycles. The summed E-state index contributed by atoms with van der Waals surface area (Å²) in [6.07, 6.45) is -20.9. The van der Waals surface area contributed by atoms with Crippen LogP contribution in [0.4, 0.5) is 61.5 Å². The third-order valence-electron chi connectivity index (χ3n) is 3.78. The number of hydrogen-bond donors (Lipinski definition) is 2. The molecule has 20 heteroatoms. The monoisotopic (exact) mass is 524 g/mol. The molecule has 1 aliphatic rings. The summed E-state index contributed by atoms with van der Waals surface area (Å²) in [4.78, 5) is 22.7. The summed E-state index contributed by atoms with van der Waals surface area (Å²) in [5.41, 5.74) is 0. The summed E-state index contributed by atoms with van der Waals surface area (Å²) in [7, 11) is 0. The number of halogens is 14. The Morgan fingerprint density at radius 1 is 0.667 bits per heavy atom. The van der Waals surface area contributed by atoms with Crippen molar-refractivity contribution in [3.63, 3.8) is 0 Å². The quantitative estimate of drug-likeness (QED) is 0.525. The molecule has 2 N–H and O–H groups in total. The molecule has 1 heterocycles. The first-order valence-corrected chi connectivity index (χ1v) is 7.95. The molecule has 0 spiro atoms. The van der Waals surface area contributed by atoms with E-state index in [1.807, 2.05) is 0 Å². The average molecular weight is 524 g/mol. The Morgan fingerprint density at radius 2 is 1.00 bits per heavy atom. The van der Waals surface area contributed by atoms with E-state index < -0.39 is 73.0 Å². The second-order valence-electron chi connectivity index (χ2n) is 6.36. The highest BCUT2D eigenvalue weighted by Gasteiger charge is 2.77. The Labute approximate surface area is 172 Å². The van der Waals surface area contributed by atoms with Crippen molar-refractivity contribution >= 4 is 11.8 Å².